The molecule has 0 fully saturated rings. The first-order valence-corrected chi connectivity index (χ1v) is 7.05. The summed E-state index contributed by atoms with van der Waals surface area (Å²) in [5.41, 5.74) is 1.98. The predicted molar refractivity (Wildman–Crippen MR) is 77.8 cm³/mol. The van der Waals surface area contributed by atoms with Gasteiger partial charge in [0.15, 0.2) is 0 Å². The van der Waals surface area contributed by atoms with Crippen LogP contribution in [0, 0.1) is 6.92 Å². The smallest absolute Gasteiger partial charge is 0.230 e. The number of nitrogens with zero attached hydrogens (tertiary/aromatic N) is 4. The minimum atomic E-state index is -0.0748. The molecular formula is C13H15N5OS. The monoisotopic (exact) mass is 289 g/mol. The van der Waals surface area contributed by atoms with Crippen molar-refractivity contribution in [3.8, 4) is 5.69 Å². The van der Waals surface area contributed by atoms with E-state index in [9.17, 15) is 4.79 Å². The molecule has 1 N–H and O–H groups in total. The summed E-state index contributed by atoms with van der Waals surface area (Å²) < 4.78 is 1.64. The molecule has 6 nitrogen and oxygen atoms in total. The molecule has 0 aliphatic carbocycles. The molecule has 0 aliphatic rings. The topological polar surface area (TPSA) is 72.7 Å². The van der Waals surface area contributed by atoms with E-state index in [2.05, 4.69) is 27.4 Å². The normalized spacial score (nSPS) is 10.2. The number of nitrogens with one attached hydrogen (secondary N) is 1. The predicted octanol–water partition coefficient (Wildman–Crippen LogP) is 1.37. The minimum Gasteiger partial charge on any atom is -0.352 e. The number of carbonyl (C=O) groups excluding carboxylic acids is 1. The van der Waals surface area contributed by atoms with Crippen molar-refractivity contribution in [2.45, 2.75) is 12.1 Å². The van der Waals surface area contributed by atoms with Gasteiger partial charge in [0, 0.05) is 6.54 Å². The molecule has 0 spiro atoms. The molecule has 0 saturated heterocycles. The van der Waals surface area contributed by atoms with Crippen molar-refractivity contribution in [1.29, 1.82) is 0 Å². The van der Waals surface area contributed by atoms with Crippen LogP contribution in [-0.2, 0) is 4.79 Å². The summed E-state index contributed by atoms with van der Waals surface area (Å²) in [6.07, 6.45) is 1.64. The van der Waals surface area contributed by atoms with Crippen LogP contribution in [0.15, 0.2) is 42.1 Å². The molecule has 0 bridgehead atoms. The second-order valence-corrected chi connectivity index (χ2v) is 4.98. The van der Waals surface area contributed by atoms with Crippen LogP contribution in [0.5, 0.6) is 0 Å². The van der Waals surface area contributed by atoms with Crippen LogP contribution < -0.4 is 5.32 Å². The Hall–Kier alpha value is -2.15. The summed E-state index contributed by atoms with van der Waals surface area (Å²) >= 11 is 1.30. The second-order valence-electron chi connectivity index (χ2n) is 4.04. The van der Waals surface area contributed by atoms with Gasteiger partial charge in [-0.05, 0) is 29.0 Å². The number of tetrazole rings is 1. The van der Waals surface area contributed by atoms with E-state index in [-0.39, 0.29) is 11.7 Å². The Balaban J connectivity index is 2.08. The molecule has 0 atom stereocenters. The van der Waals surface area contributed by atoms with E-state index in [1.165, 1.54) is 11.8 Å². The molecule has 20 heavy (non-hydrogen) atoms. The summed E-state index contributed by atoms with van der Waals surface area (Å²) in [5.74, 6) is 0.189. The Morgan fingerprint density at radius 1 is 1.50 bits per heavy atom. The Kier molecular flexibility index (Phi) is 4.89. The number of aromatic nitrogens is 4. The fraction of sp³-hybridized carbons (Fsp3) is 0.231. The highest BCUT2D eigenvalue weighted by atomic mass is 32.2. The van der Waals surface area contributed by atoms with Crippen molar-refractivity contribution >= 4 is 17.7 Å². The van der Waals surface area contributed by atoms with Gasteiger partial charge >= 0.3 is 0 Å². The summed E-state index contributed by atoms with van der Waals surface area (Å²) in [5, 5.41) is 14.9. The lowest BCUT2D eigenvalue weighted by Crippen LogP contribution is -2.25. The third-order valence-electron chi connectivity index (χ3n) is 2.56. The number of para-hydroxylation sites is 1. The second kappa shape index (κ2) is 6.85. The summed E-state index contributed by atoms with van der Waals surface area (Å²) in [6, 6.07) is 7.81. The molecule has 0 saturated carbocycles. The third kappa shape index (κ3) is 3.45. The van der Waals surface area contributed by atoms with Crippen LogP contribution in [0.3, 0.4) is 0 Å². The van der Waals surface area contributed by atoms with Crippen LogP contribution >= 0.6 is 11.8 Å². The lowest BCUT2D eigenvalue weighted by Gasteiger charge is -2.06. The maximum Gasteiger partial charge on any atom is 0.230 e. The van der Waals surface area contributed by atoms with Crippen molar-refractivity contribution in [3.63, 3.8) is 0 Å². The number of amides is 1. The van der Waals surface area contributed by atoms with Gasteiger partial charge in [0.25, 0.3) is 0 Å². The minimum absolute atomic E-state index is 0.0748. The standard InChI is InChI=1S/C13H15N5OS/c1-3-8-14-12(19)9-20-13-15-16-17-18(13)11-7-5-4-6-10(11)2/h3-7H,1,8-9H2,2H3,(H,14,19). The molecule has 0 aliphatic heterocycles. The van der Waals surface area contributed by atoms with Gasteiger partial charge in [-0.25, -0.2) is 0 Å². The van der Waals surface area contributed by atoms with Crippen molar-refractivity contribution in [3.05, 3.63) is 42.5 Å². The van der Waals surface area contributed by atoms with Crippen LogP contribution in [0.4, 0.5) is 0 Å². The highest BCUT2D eigenvalue weighted by Gasteiger charge is 2.12. The molecular weight excluding hydrogens is 274 g/mol. The molecule has 2 rings (SSSR count). The summed E-state index contributed by atoms with van der Waals surface area (Å²) in [4.78, 5) is 11.6. The molecule has 1 heterocycles. The quantitative estimate of drug-likeness (QED) is 0.642. The van der Waals surface area contributed by atoms with E-state index in [1.54, 1.807) is 10.8 Å². The van der Waals surface area contributed by atoms with Crippen molar-refractivity contribution in [2.24, 2.45) is 0 Å². The molecule has 0 unspecified atom stereocenters. The van der Waals surface area contributed by atoms with Gasteiger partial charge in [0.1, 0.15) is 0 Å². The van der Waals surface area contributed by atoms with Gasteiger partial charge in [-0.2, -0.15) is 4.68 Å². The number of thioether (sulfide) groups is 1. The largest absolute Gasteiger partial charge is 0.352 e. The Morgan fingerprint density at radius 2 is 2.30 bits per heavy atom. The zero-order valence-corrected chi connectivity index (χ0v) is 11.9. The maximum atomic E-state index is 11.6. The lowest BCUT2D eigenvalue weighted by atomic mass is 10.2. The third-order valence-corrected chi connectivity index (χ3v) is 3.48. The van der Waals surface area contributed by atoms with E-state index in [4.69, 9.17) is 0 Å². The summed E-state index contributed by atoms with van der Waals surface area (Å²) in [7, 11) is 0. The highest BCUT2D eigenvalue weighted by molar-refractivity contribution is 7.99. The van der Waals surface area contributed by atoms with Crippen LogP contribution in [0.25, 0.3) is 5.69 Å². The Labute approximate surface area is 121 Å². The van der Waals surface area contributed by atoms with Crippen molar-refractivity contribution in [1.82, 2.24) is 25.5 Å². The van der Waals surface area contributed by atoms with Gasteiger partial charge in [-0.1, -0.05) is 36.0 Å². The Bertz CT molecular complexity index is 610. The number of hydrogen-bond donors (Lipinski definition) is 1. The van der Waals surface area contributed by atoms with Crippen LogP contribution in [0.1, 0.15) is 5.56 Å². The molecule has 2 aromatic rings. The van der Waals surface area contributed by atoms with E-state index < -0.39 is 0 Å². The zero-order chi connectivity index (χ0) is 14.4. The average Bonchev–Trinajstić information content (AvgIpc) is 2.91. The number of aryl methyl sites for hydroxylation is 1. The molecule has 1 aromatic carbocycles. The SMILES string of the molecule is C=CCNC(=O)CSc1nnnn1-c1ccccc1C. The Morgan fingerprint density at radius 3 is 3.05 bits per heavy atom. The number of hydrogen-bond acceptors (Lipinski definition) is 5. The van der Waals surface area contributed by atoms with Gasteiger partial charge in [-0.3, -0.25) is 4.79 Å². The van der Waals surface area contributed by atoms with Gasteiger partial charge in [0.05, 0.1) is 11.4 Å². The van der Waals surface area contributed by atoms with Gasteiger partial charge < -0.3 is 5.32 Å². The molecule has 7 heteroatoms. The average molecular weight is 289 g/mol. The summed E-state index contributed by atoms with van der Waals surface area (Å²) in [6.45, 7) is 6.00. The van der Waals surface area contributed by atoms with E-state index in [1.807, 2.05) is 31.2 Å². The van der Waals surface area contributed by atoms with E-state index in [0.717, 1.165) is 11.3 Å². The van der Waals surface area contributed by atoms with E-state index >= 15 is 0 Å². The molecule has 0 radical (unpaired) electrons. The maximum absolute atomic E-state index is 11.6. The van der Waals surface area contributed by atoms with Crippen LogP contribution in [0.2, 0.25) is 0 Å². The van der Waals surface area contributed by atoms with Gasteiger partial charge in [-0.15, -0.1) is 11.7 Å². The van der Waals surface area contributed by atoms with Gasteiger partial charge in [0.2, 0.25) is 11.1 Å². The number of rotatable bonds is 6. The first-order valence-electron chi connectivity index (χ1n) is 6.07. The fourth-order valence-electron chi connectivity index (χ4n) is 1.59. The van der Waals surface area contributed by atoms with Crippen LogP contribution in [-0.4, -0.2) is 38.4 Å². The number of carbonyl (C=O) groups is 1. The first kappa shape index (κ1) is 14.3. The zero-order valence-electron chi connectivity index (χ0n) is 11.1. The fourth-order valence-corrected chi connectivity index (χ4v) is 2.30. The lowest BCUT2D eigenvalue weighted by molar-refractivity contribution is -0.118. The van der Waals surface area contributed by atoms with E-state index in [0.29, 0.717) is 11.7 Å². The molecule has 1 aromatic heterocycles. The van der Waals surface area contributed by atoms with Crippen molar-refractivity contribution < 1.29 is 4.79 Å². The van der Waals surface area contributed by atoms with Crippen molar-refractivity contribution in [2.75, 3.05) is 12.3 Å². The first-order chi connectivity index (χ1) is 9.72. The molecule has 1 amide bonds. The number of benzene rings is 1. The highest BCUT2D eigenvalue weighted by Crippen LogP contribution is 2.19. The molecule has 104 valence electrons.